The molecule has 0 aliphatic carbocycles. The summed E-state index contributed by atoms with van der Waals surface area (Å²) in [6.07, 6.45) is 3.59. The molecule has 33 heavy (non-hydrogen) atoms. The van der Waals surface area contributed by atoms with Crippen LogP contribution in [0.4, 0.5) is 11.6 Å². The number of aryl methyl sites for hydroxylation is 1. The molecule has 2 aromatic heterocycles. The minimum Gasteiger partial charge on any atom is -0.324 e. The Hall–Kier alpha value is -2.29. The molecule has 1 aliphatic rings. The summed E-state index contributed by atoms with van der Waals surface area (Å²) < 4.78 is 14.7. The first kappa shape index (κ1) is 23.9. The van der Waals surface area contributed by atoms with Gasteiger partial charge < -0.3 is 10.2 Å². The largest absolute Gasteiger partial charge is 0.324 e. The number of rotatable bonds is 6. The summed E-state index contributed by atoms with van der Waals surface area (Å²) in [5.74, 6) is 0.391. The number of nitrogens with zero attached hydrogens (tertiary/aromatic N) is 4. The molecule has 1 unspecified atom stereocenters. The van der Waals surface area contributed by atoms with Gasteiger partial charge in [-0.2, -0.15) is 4.98 Å². The highest BCUT2D eigenvalue weighted by Gasteiger charge is 2.24. The summed E-state index contributed by atoms with van der Waals surface area (Å²) in [6.45, 7) is 11.1. The van der Waals surface area contributed by atoms with Crippen LogP contribution in [0.1, 0.15) is 45.2 Å². The molecule has 4 rings (SSSR count). The smallest absolute Gasteiger partial charge is 0.271 e. The zero-order chi connectivity index (χ0) is 23.7. The second-order valence-electron chi connectivity index (χ2n) is 8.77. The molecule has 3 aromatic rings. The van der Waals surface area contributed by atoms with Crippen molar-refractivity contribution in [2.45, 2.75) is 56.7 Å². The van der Waals surface area contributed by atoms with Gasteiger partial charge in [0.15, 0.2) is 0 Å². The van der Waals surface area contributed by atoms with E-state index in [1.165, 1.54) is 0 Å². The van der Waals surface area contributed by atoms with Crippen LogP contribution in [0, 0.1) is 6.92 Å². The fourth-order valence-electron chi connectivity index (χ4n) is 4.28. The van der Waals surface area contributed by atoms with Crippen molar-refractivity contribution < 1.29 is 4.21 Å². The van der Waals surface area contributed by atoms with E-state index in [2.05, 4.69) is 27.1 Å². The molecular weight excluding hydrogens is 458 g/mol. The second kappa shape index (κ2) is 9.91. The predicted octanol–water partition coefficient (Wildman–Crippen LogP) is 4.67. The lowest BCUT2D eigenvalue weighted by molar-refractivity contribution is 0.243. The van der Waals surface area contributed by atoms with E-state index < -0.39 is 10.8 Å². The number of hydrogen-bond donors (Lipinski definition) is 1. The first-order valence-electron chi connectivity index (χ1n) is 11.4. The topological polar surface area (TPSA) is 80.1 Å². The average molecular weight is 488 g/mol. The predicted molar refractivity (Wildman–Crippen MR) is 135 cm³/mol. The highest BCUT2D eigenvalue weighted by Crippen LogP contribution is 2.26. The standard InChI is InChI=1S/C24H30ClN5O2S/c1-5-29-10-8-18(9-11-29)33(32)19-6-7-21(16(4)12-19)27-24-26-14-17-13-20(25)23(31)30(15(2)3)22(17)28-24/h6-7,12-15,18H,5,8-11H2,1-4H3,(H,26,27,28). The first-order valence-corrected chi connectivity index (χ1v) is 13.0. The fraction of sp³-hybridized carbons (Fsp3) is 0.458. The van der Waals surface area contributed by atoms with E-state index in [1.54, 1.807) is 16.8 Å². The molecule has 0 spiro atoms. The third-order valence-electron chi connectivity index (χ3n) is 6.21. The molecule has 9 heteroatoms. The summed E-state index contributed by atoms with van der Waals surface area (Å²) in [4.78, 5) is 24.8. The summed E-state index contributed by atoms with van der Waals surface area (Å²) in [5.41, 5.74) is 2.07. The van der Waals surface area contributed by atoms with Gasteiger partial charge in [-0.1, -0.05) is 18.5 Å². The third-order valence-corrected chi connectivity index (χ3v) is 8.27. The third kappa shape index (κ3) is 4.98. The Labute approximate surface area is 201 Å². The number of aromatic nitrogens is 3. The Morgan fingerprint density at radius 2 is 1.97 bits per heavy atom. The summed E-state index contributed by atoms with van der Waals surface area (Å²) in [7, 11) is -1.02. The van der Waals surface area contributed by atoms with Crippen molar-refractivity contribution >= 4 is 45.1 Å². The molecule has 1 aliphatic heterocycles. The molecule has 1 saturated heterocycles. The maximum atomic E-state index is 13.1. The van der Waals surface area contributed by atoms with Crippen molar-refractivity contribution in [3.63, 3.8) is 0 Å². The van der Waals surface area contributed by atoms with Gasteiger partial charge in [0.25, 0.3) is 5.56 Å². The maximum Gasteiger partial charge on any atom is 0.271 e. The zero-order valence-corrected chi connectivity index (χ0v) is 21.0. The Morgan fingerprint density at radius 3 is 2.61 bits per heavy atom. The van der Waals surface area contributed by atoms with E-state index in [4.69, 9.17) is 11.6 Å². The average Bonchev–Trinajstić information content (AvgIpc) is 2.80. The Balaban J connectivity index is 1.57. The minimum atomic E-state index is -1.02. The van der Waals surface area contributed by atoms with E-state index in [0.29, 0.717) is 17.0 Å². The number of hydrogen-bond acceptors (Lipinski definition) is 6. The number of halogens is 1. The van der Waals surface area contributed by atoms with E-state index in [9.17, 15) is 9.00 Å². The van der Waals surface area contributed by atoms with Crippen LogP contribution in [0.25, 0.3) is 11.0 Å². The molecule has 176 valence electrons. The summed E-state index contributed by atoms with van der Waals surface area (Å²) in [5, 5.41) is 4.31. The first-order chi connectivity index (χ1) is 15.8. The van der Waals surface area contributed by atoms with Gasteiger partial charge in [0.1, 0.15) is 10.7 Å². The van der Waals surface area contributed by atoms with Gasteiger partial charge in [0, 0.05) is 33.5 Å². The molecule has 0 bridgehead atoms. The number of anilines is 2. The highest BCUT2D eigenvalue weighted by atomic mass is 35.5. The normalized spacial score (nSPS) is 16.4. The van der Waals surface area contributed by atoms with Crippen LogP contribution in [0.15, 0.2) is 40.2 Å². The van der Waals surface area contributed by atoms with Crippen molar-refractivity contribution in [1.82, 2.24) is 19.4 Å². The SMILES string of the molecule is CCN1CCC(S(=O)c2ccc(Nc3ncc4cc(Cl)c(=O)n(C(C)C)c4n3)c(C)c2)CC1. The van der Waals surface area contributed by atoms with Crippen LogP contribution in [0.2, 0.25) is 5.02 Å². The Morgan fingerprint density at radius 1 is 1.24 bits per heavy atom. The lowest BCUT2D eigenvalue weighted by Gasteiger charge is -2.30. The Kier molecular flexibility index (Phi) is 7.16. The van der Waals surface area contributed by atoms with Crippen molar-refractivity contribution in [3.8, 4) is 0 Å². The van der Waals surface area contributed by atoms with Crippen molar-refractivity contribution in [3.05, 3.63) is 51.4 Å². The van der Waals surface area contributed by atoms with E-state index in [0.717, 1.165) is 48.6 Å². The molecule has 1 atom stereocenters. The van der Waals surface area contributed by atoms with Gasteiger partial charge in [0.05, 0.1) is 10.8 Å². The number of likely N-dealkylation sites (tertiary alicyclic amines) is 1. The maximum absolute atomic E-state index is 13.1. The number of fused-ring (bicyclic) bond motifs is 1. The number of benzene rings is 1. The molecule has 0 amide bonds. The zero-order valence-electron chi connectivity index (χ0n) is 19.5. The molecule has 0 saturated carbocycles. The van der Waals surface area contributed by atoms with Gasteiger partial charge in [-0.25, -0.2) is 4.98 Å². The van der Waals surface area contributed by atoms with E-state index in [-0.39, 0.29) is 21.9 Å². The van der Waals surface area contributed by atoms with Gasteiger partial charge >= 0.3 is 0 Å². The van der Waals surface area contributed by atoms with Crippen molar-refractivity contribution in [1.29, 1.82) is 0 Å². The molecule has 1 fully saturated rings. The van der Waals surface area contributed by atoms with Crippen LogP contribution in [0.3, 0.4) is 0 Å². The van der Waals surface area contributed by atoms with Gasteiger partial charge in [0.2, 0.25) is 5.95 Å². The molecule has 1 aromatic carbocycles. The summed E-state index contributed by atoms with van der Waals surface area (Å²) in [6, 6.07) is 7.33. The van der Waals surface area contributed by atoms with Crippen LogP contribution in [-0.4, -0.2) is 48.5 Å². The highest BCUT2D eigenvalue weighted by molar-refractivity contribution is 7.85. The van der Waals surface area contributed by atoms with Crippen LogP contribution >= 0.6 is 11.6 Å². The quantitative estimate of drug-likeness (QED) is 0.544. The van der Waals surface area contributed by atoms with E-state index >= 15 is 0 Å². The molecule has 3 heterocycles. The van der Waals surface area contributed by atoms with Gasteiger partial charge in [-0.3, -0.25) is 13.6 Å². The van der Waals surface area contributed by atoms with Crippen LogP contribution < -0.4 is 10.9 Å². The fourth-order valence-corrected chi connectivity index (χ4v) is 6.01. The molecular formula is C24H30ClN5O2S. The van der Waals surface area contributed by atoms with Crippen LogP contribution in [-0.2, 0) is 10.8 Å². The summed E-state index contributed by atoms with van der Waals surface area (Å²) >= 11 is 6.11. The Bertz CT molecular complexity index is 1250. The molecule has 7 nitrogen and oxygen atoms in total. The van der Waals surface area contributed by atoms with Gasteiger partial charge in [-0.05, 0) is 83.1 Å². The second-order valence-corrected chi connectivity index (χ2v) is 10.9. The minimum absolute atomic E-state index is 0.0957. The lowest BCUT2D eigenvalue weighted by Crippen LogP contribution is -2.37. The molecule has 0 radical (unpaired) electrons. The van der Waals surface area contributed by atoms with Crippen molar-refractivity contribution in [2.24, 2.45) is 0 Å². The number of nitrogens with one attached hydrogen (secondary N) is 1. The van der Waals surface area contributed by atoms with Gasteiger partial charge in [-0.15, -0.1) is 0 Å². The molecule has 1 N–H and O–H groups in total. The van der Waals surface area contributed by atoms with E-state index in [1.807, 2.05) is 39.0 Å². The lowest BCUT2D eigenvalue weighted by atomic mass is 10.1. The monoisotopic (exact) mass is 487 g/mol. The number of pyridine rings is 1. The van der Waals surface area contributed by atoms with Crippen LogP contribution in [0.5, 0.6) is 0 Å². The number of piperidine rings is 1. The van der Waals surface area contributed by atoms with Crippen molar-refractivity contribution in [2.75, 3.05) is 25.0 Å².